The molecule has 2 aromatic heterocycles. The number of benzene rings is 2. The minimum absolute atomic E-state index is 0.0128. The number of ether oxygens (including phenoxy) is 1. The maximum Gasteiger partial charge on any atom is 0.573 e. The average Bonchev–Trinajstić information content (AvgIpc) is 3.21. The van der Waals surface area contributed by atoms with E-state index in [0.29, 0.717) is 53.8 Å². The van der Waals surface area contributed by atoms with E-state index in [0.717, 1.165) is 18.2 Å². The van der Waals surface area contributed by atoms with Gasteiger partial charge in [-0.2, -0.15) is 4.39 Å². The fraction of sp³-hybridized carbons (Fsp3) is 0.214. The molecule has 4 aromatic rings. The molecule has 12 heteroatoms. The molecule has 0 bridgehead atoms. The lowest BCUT2D eigenvalue weighted by molar-refractivity contribution is -0.274. The maximum atomic E-state index is 14.0. The van der Waals surface area contributed by atoms with Crippen molar-refractivity contribution < 1.29 is 35.9 Å². The molecule has 208 valence electrons. The van der Waals surface area contributed by atoms with Gasteiger partial charge in [0.05, 0.1) is 5.52 Å². The van der Waals surface area contributed by atoms with Crippen LogP contribution in [0.5, 0.6) is 5.75 Å². The molecule has 0 unspecified atom stereocenters. The van der Waals surface area contributed by atoms with Crippen LogP contribution in [0.4, 0.5) is 31.1 Å². The van der Waals surface area contributed by atoms with Crippen molar-refractivity contribution in [3.63, 3.8) is 0 Å². The zero-order valence-corrected chi connectivity index (χ0v) is 20.8. The quantitative estimate of drug-likeness (QED) is 0.226. The van der Waals surface area contributed by atoms with Crippen molar-refractivity contribution in [1.82, 2.24) is 19.8 Å². The van der Waals surface area contributed by atoms with Gasteiger partial charge in [-0.1, -0.05) is 12.2 Å². The summed E-state index contributed by atoms with van der Waals surface area (Å²) < 4.78 is 84.8. The summed E-state index contributed by atoms with van der Waals surface area (Å²) in [6, 6.07) is 9.27. The van der Waals surface area contributed by atoms with Crippen LogP contribution >= 0.6 is 0 Å². The van der Waals surface area contributed by atoms with Gasteiger partial charge in [0.1, 0.15) is 17.4 Å². The zero-order valence-electron chi connectivity index (χ0n) is 20.8. The summed E-state index contributed by atoms with van der Waals surface area (Å²) in [6.45, 7) is 1.20. The predicted molar refractivity (Wildman–Crippen MR) is 135 cm³/mol. The molecule has 1 N–H and O–H groups in total. The summed E-state index contributed by atoms with van der Waals surface area (Å²) >= 11 is 0. The highest BCUT2D eigenvalue weighted by Gasteiger charge is 2.32. The fourth-order valence-corrected chi connectivity index (χ4v) is 4.75. The van der Waals surface area contributed by atoms with E-state index in [1.165, 1.54) is 41.1 Å². The molecule has 40 heavy (non-hydrogen) atoms. The molecular weight excluding hydrogens is 538 g/mol. The number of hydrogen-bond acceptors (Lipinski definition) is 4. The van der Waals surface area contributed by atoms with Gasteiger partial charge in [-0.3, -0.25) is 9.47 Å². The van der Waals surface area contributed by atoms with Crippen LogP contribution < -0.4 is 10.1 Å². The number of carbonyl (C=O) groups is 1. The third kappa shape index (κ3) is 6.12. The number of amides is 1. The van der Waals surface area contributed by atoms with Gasteiger partial charge in [-0.25, -0.2) is 18.6 Å². The Kier molecular flexibility index (Phi) is 7.53. The smallest absolute Gasteiger partial charge is 0.406 e. The van der Waals surface area contributed by atoms with Gasteiger partial charge in [0.25, 0.3) is 0 Å². The first kappa shape index (κ1) is 27.3. The number of nitrogens with zero attached hydrogens (tertiary/aromatic N) is 3. The Morgan fingerprint density at radius 3 is 2.65 bits per heavy atom. The largest absolute Gasteiger partial charge is 0.573 e. The predicted octanol–water partition coefficient (Wildman–Crippen LogP) is 6.18. The topological polar surface area (TPSA) is 59.4 Å². The number of carbonyl (C=O) groups excluding carboxylic acids is 1. The highest BCUT2D eigenvalue weighted by Crippen LogP contribution is 2.35. The van der Waals surface area contributed by atoms with Crippen molar-refractivity contribution in [2.75, 3.05) is 13.1 Å². The average molecular weight is 560 g/mol. The summed E-state index contributed by atoms with van der Waals surface area (Å²) in [7, 11) is 0. The minimum Gasteiger partial charge on any atom is -0.406 e. The molecule has 1 amide bonds. The summed E-state index contributed by atoms with van der Waals surface area (Å²) in [5.41, 5.74) is 2.38. The van der Waals surface area contributed by atoms with Crippen LogP contribution in [0, 0.1) is 17.6 Å². The van der Waals surface area contributed by atoms with E-state index in [1.807, 2.05) is 4.90 Å². The number of pyridine rings is 1. The Balaban J connectivity index is 1.42. The second-order valence-electron chi connectivity index (χ2n) is 9.19. The third-order valence-electron chi connectivity index (χ3n) is 6.49. The van der Waals surface area contributed by atoms with Crippen LogP contribution in [0.15, 0.2) is 60.8 Å². The first-order valence-electron chi connectivity index (χ1n) is 12.2. The highest BCUT2D eigenvalue weighted by atomic mass is 19.4. The van der Waals surface area contributed by atoms with E-state index >= 15 is 0 Å². The van der Waals surface area contributed by atoms with Crippen LogP contribution in [-0.4, -0.2) is 39.9 Å². The van der Waals surface area contributed by atoms with Crippen LogP contribution in [0.3, 0.4) is 0 Å². The van der Waals surface area contributed by atoms with Crippen molar-refractivity contribution in [1.29, 1.82) is 0 Å². The molecule has 0 aliphatic carbocycles. The van der Waals surface area contributed by atoms with E-state index in [4.69, 9.17) is 0 Å². The molecule has 2 aromatic carbocycles. The summed E-state index contributed by atoms with van der Waals surface area (Å²) in [5, 5.41) is 3.14. The molecule has 6 nitrogen and oxygen atoms in total. The number of alkyl halides is 3. The van der Waals surface area contributed by atoms with Crippen molar-refractivity contribution in [2.45, 2.75) is 25.9 Å². The Morgan fingerprint density at radius 1 is 1.07 bits per heavy atom. The molecule has 0 saturated carbocycles. The number of nitrogens with one attached hydrogen (secondary N) is 1. The number of rotatable bonds is 6. The highest BCUT2D eigenvalue weighted by molar-refractivity contribution is 5.96. The standard InChI is InChI=1S/C28H22F6N4O2/c29-19-4-3-18(23(30)13-19)2-1-10-37-11-8-25-22(16-37)21-14-20(40-28(32,33)34)5-6-24(21)38(25)27(39)36-15-17-7-9-35-26(31)12-17/h1-7,9,12-14H,8,10-11,15-16H2,(H,36,39). The molecule has 0 atom stereocenters. The Morgan fingerprint density at radius 2 is 1.90 bits per heavy atom. The number of fused-ring (bicyclic) bond motifs is 3. The van der Waals surface area contributed by atoms with Gasteiger partial charge >= 0.3 is 12.4 Å². The van der Waals surface area contributed by atoms with Crippen molar-refractivity contribution in [3.05, 3.63) is 101 Å². The van der Waals surface area contributed by atoms with E-state index in [9.17, 15) is 31.1 Å². The lowest BCUT2D eigenvalue weighted by atomic mass is 10.0. The van der Waals surface area contributed by atoms with E-state index in [-0.39, 0.29) is 12.1 Å². The lowest BCUT2D eigenvalue weighted by Crippen LogP contribution is -2.34. The zero-order chi connectivity index (χ0) is 28.4. The van der Waals surface area contributed by atoms with E-state index < -0.39 is 35.7 Å². The molecule has 0 fully saturated rings. The molecular formula is C28H22F6N4O2. The van der Waals surface area contributed by atoms with Crippen LogP contribution in [-0.2, 0) is 19.5 Å². The van der Waals surface area contributed by atoms with Crippen LogP contribution in [0.1, 0.15) is 22.4 Å². The lowest BCUT2D eigenvalue weighted by Gasteiger charge is -2.27. The summed E-state index contributed by atoms with van der Waals surface area (Å²) in [6.07, 6.45) is 0.0202. The minimum atomic E-state index is -4.89. The molecule has 1 aliphatic heterocycles. The molecule has 5 rings (SSSR count). The second kappa shape index (κ2) is 11.0. The molecule has 0 spiro atoms. The Labute approximate surface area is 224 Å². The third-order valence-corrected chi connectivity index (χ3v) is 6.49. The maximum absolute atomic E-state index is 14.0. The first-order chi connectivity index (χ1) is 19.1. The van der Waals surface area contributed by atoms with E-state index in [1.54, 1.807) is 12.1 Å². The van der Waals surface area contributed by atoms with Gasteiger partial charge < -0.3 is 10.1 Å². The molecule has 0 radical (unpaired) electrons. The normalized spacial score (nSPS) is 14.1. The van der Waals surface area contributed by atoms with Crippen LogP contribution in [0.2, 0.25) is 0 Å². The van der Waals surface area contributed by atoms with Crippen LogP contribution in [0.25, 0.3) is 17.0 Å². The number of halogens is 6. The Bertz CT molecular complexity index is 1600. The molecule has 0 saturated heterocycles. The van der Waals surface area contributed by atoms with Gasteiger partial charge in [-0.05, 0) is 53.6 Å². The van der Waals surface area contributed by atoms with Crippen molar-refractivity contribution in [2.24, 2.45) is 0 Å². The summed E-state index contributed by atoms with van der Waals surface area (Å²) in [5.74, 6) is -2.49. The fourth-order valence-electron chi connectivity index (χ4n) is 4.75. The van der Waals surface area contributed by atoms with Gasteiger partial charge in [-0.15, -0.1) is 13.2 Å². The first-order valence-corrected chi connectivity index (χ1v) is 12.2. The Hall–Kier alpha value is -4.32. The van der Waals surface area contributed by atoms with Crippen molar-refractivity contribution >= 4 is 23.0 Å². The summed E-state index contributed by atoms with van der Waals surface area (Å²) in [4.78, 5) is 18.7. The van der Waals surface area contributed by atoms with Gasteiger partial charge in [0.2, 0.25) is 5.95 Å². The van der Waals surface area contributed by atoms with E-state index in [2.05, 4.69) is 15.0 Å². The van der Waals surface area contributed by atoms with Crippen molar-refractivity contribution in [3.8, 4) is 5.75 Å². The monoisotopic (exact) mass is 560 g/mol. The van der Waals surface area contributed by atoms with Gasteiger partial charge in [0.15, 0.2) is 0 Å². The molecule has 3 heterocycles. The number of aromatic nitrogens is 2. The SMILES string of the molecule is O=C(NCc1ccnc(F)c1)n1c2c(c3cc(OC(F)(F)F)ccc31)CN(CC=Cc1ccc(F)cc1F)CC2. The number of hydrogen-bond donors (Lipinski definition) is 1. The molecule has 1 aliphatic rings. The second-order valence-corrected chi connectivity index (χ2v) is 9.19. The van der Waals surface area contributed by atoms with Gasteiger partial charge in [0, 0.05) is 61.5 Å².